The second-order valence-electron chi connectivity index (χ2n) is 3.31. The summed E-state index contributed by atoms with van der Waals surface area (Å²) in [6.07, 6.45) is 0. The molecule has 0 N–H and O–H groups in total. The third-order valence-corrected chi connectivity index (χ3v) is 2.02. The van der Waals surface area contributed by atoms with Crippen molar-refractivity contribution in [2.75, 3.05) is 0 Å². The predicted octanol–water partition coefficient (Wildman–Crippen LogP) is 0.100. The molecule has 0 radical (unpaired) electrons. The molecule has 0 unspecified atom stereocenters. The minimum Gasteiger partial charge on any atom is -0.545 e. The van der Waals surface area contributed by atoms with Gasteiger partial charge in [0.25, 0.3) is 0 Å². The summed E-state index contributed by atoms with van der Waals surface area (Å²) in [6.45, 7) is 0. The molecule has 0 heterocycles. The maximum Gasteiger partial charge on any atom is 2.00 e. The Hall–Kier alpha value is -1.15. The third kappa shape index (κ3) is 7.11. The normalized spacial score (nSPS) is 8.42. The average molecular weight is 468 g/mol. The van der Waals surface area contributed by atoms with Crippen molar-refractivity contribution in [1.29, 1.82) is 0 Å². The minimum absolute atomic E-state index is 0. The molecule has 0 saturated heterocycles. The van der Waals surface area contributed by atoms with Crippen LogP contribution in [0.15, 0.2) is 60.7 Å². The van der Waals surface area contributed by atoms with E-state index in [9.17, 15) is 19.8 Å². The van der Waals surface area contributed by atoms with Crippen LogP contribution < -0.4 is 10.2 Å². The molecule has 92 valence electrons. The molecule has 0 aliphatic heterocycles. The maximum atomic E-state index is 10.1. The number of carboxylic acids is 2. The van der Waals surface area contributed by atoms with Gasteiger partial charge in [-0.3, -0.25) is 0 Å². The minimum atomic E-state index is -1.13. The molecule has 5 heteroatoms. The molecule has 4 nitrogen and oxygen atoms in total. The van der Waals surface area contributed by atoms with Crippen molar-refractivity contribution in [3.8, 4) is 0 Å². The van der Waals surface area contributed by atoms with Gasteiger partial charge in [0.15, 0.2) is 0 Å². The van der Waals surface area contributed by atoms with Crippen LogP contribution in [0.1, 0.15) is 20.7 Å². The molecule has 2 aromatic carbocycles. The first kappa shape index (κ1) is 17.8. The van der Waals surface area contributed by atoms with Crippen molar-refractivity contribution in [2.45, 2.75) is 0 Å². The average Bonchev–Trinajstić information content (AvgIpc) is 2.41. The molecule has 0 atom stereocenters. The molecule has 0 fully saturated rings. The largest absolute Gasteiger partial charge is 2.00 e. The van der Waals surface area contributed by atoms with Gasteiger partial charge >= 0.3 is 45.0 Å². The van der Waals surface area contributed by atoms with Crippen LogP contribution in [-0.2, 0) is 0 Å². The van der Waals surface area contributed by atoms with Crippen molar-refractivity contribution in [2.24, 2.45) is 0 Å². The van der Waals surface area contributed by atoms with Crippen LogP contribution in [0, 0.1) is 45.0 Å². The van der Waals surface area contributed by atoms with Crippen molar-refractivity contribution in [1.82, 2.24) is 0 Å². The van der Waals surface area contributed by atoms with Gasteiger partial charge in [-0.25, -0.2) is 0 Å². The number of carbonyl (C=O) groups excluding carboxylic acids is 2. The van der Waals surface area contributed by atoms with E-state index in [0.717, 1.165) is 0 Å². The van der Waals surface area contributed by atoms with Crippen LogP contribution in [0.5, 0.6) is 0 Å². The zero-order chi connectivity index (χ0) is 13.4. The Morgan fingerprint density at radius 3 is 1.05 bits per heavy atom. The Labute approximate surface area is 147 Å². The fraction of sp³-hybridized carbons (Fsp3) is 0. The molecule has 0 amide bonds. The summed E-state index contributed by atoms with van der Waals surface area (Å²) in [5, 5.41) is 20.2. The quantitative estimate of drug-likeness (QED) is 0.627. The van der Waals surface area contributed by atoms with E-state index in [1.54, 1.807) is 36.4 Å². The predicted molar refractivity (Wildman–Crippen MR) is 61.5 cm³/mol. The smallest absolute Gasteiger partial charge is 0.545 e. The van der Waals surface area contributed by atoms with Gasteiger partial charge in [0, 0.05) is 0 Å². The number of carbonyl (C=O) groups is 2. The molecule has 2 aromatic rings. The Bertz CT molecular complexity index is 462. The summed E-state index contributed by atoms with van der Waals surface area (Å²) >= 11 is 0. The summed E-state index contributed by atoms with van der Waals surface area (Å²) in [7, 11) is 0. The van der Waals surface area contributed by atoms with Gasteiger partial charge in [0.05, 0.1) is 11.9 Å². The fourth-order valence-electron chi connectivity index (χ4n) is 1.15. The summed E-state index contributed by atoms with van der Waals surface area (Å²) < 4.78 is 0. The van der Waals surface area contributed by atoms with E-state index in [0.29, 0.717) is 0 Å². The number of rotatable bonds is 2. The number of carboxylic acid groups (broad SMARTS) is 2. The molecule has 0 bridgehead atoms. The van der Waals surface area contributed by atoms with Crippen LogP contribution in [0.25, 0.3) is 0 Å². The molecule has 2 rings (SSSR count). The van der Waals surface area contributed by atoms with Crippen LogP contribution in [0.3, 0.4) is 0 Å². The number of hydrogen-bond donors (Lipinski definition) is 0. The van der Waals surface area contributed by atoms with E-state index in [1.807, 2.05) is 0 Å². The van der Waals surface area contributed by atoms with Crippen molar-refractivity contribution in [3.63, 3.8) is 0 Å². The monoisotopic (exact) mass is 468 g/mol. The van der Waals surface area contributed by atoms with Gasteiger partial charge in [-0.05, 0) is 11.1 Å². The van der Waals surface area contributed by atoms with Crippen molar-refractivity contribution in [3.05, 3.63) is 71.8 Å². The summed E-state index contributed by atoms with van der Waals surface area (Å²) in [4.78, 5) is 20.2. The third-order valence-electron chi connectivity index (χ3n) is 2.02. The first-order valence-electron chi connectivity index (χ1n) is 5.14. The molecule has 19 heavy (non-hydrogen) atoms. The van der Waals surface area contributed by atoms with Gasteiger partial charge in [-0.1, -0.05) is 60.7 Å². The SMILES string of the molecule is O=C([O-])c1ccccc1.O=C([O-])c1ccccc1.[Ra+2]. The Balaban J connectivity index is 0.000000324. The Kier molecular flexibility index (Phi) is 9.14. The molecule has 0 spiro atoms. The first-order valence-corrected chi connectivity index (χ1v) is 5.14. The van der Waals surface area contributed by atoms with E-state index in [2.05, 4.69) is 0 Å². The van der Waals surface area contributed by atoms with E-state index >= 15 is 0 Å². The molecule has 0 aliphatic carbocycles. The molecule has 0 aliphatic rings. The van der Waals surface area contributed by atoms with Gasteiger partial charge in [0.2, 0.25) is 0 Å². The van der Waals surface area contributed by atoms with E-state index < -0.39 is 11.9 Å². The molecule has 0 saturated carbocycles. The standard InChI is InChI=1S/2C7H6O2.Ra/c2*8-7(9)6-4-2-1-3-5-6;/h2*1-5H,(H,8,9);/q;;+2/p-2. The zero-order valence-corrected chi connectivity index (χ0v) is 15.9. The van der Waals surface area contributed by atoms with E-state index in [1.165, 1.54) is 24.3 Å². The van der Waals surface area contributed by atoms with Gasteiger partial charge in [-0.15, -0.1) is 0 Å². The van der Waals surface area contributed by atoms with Gasteiger partial charge < -0.3 is 19.8 Å². The summed E-state index contributed by atoms with van der Waals surface area (Å²) in [5.74, 6) is -2.26. The van der Waals surface area contributed by atoms with Gasteiger partial charge in [0.1, 0.15) is 0 Å². The number of benzene rings is 2. The second kappa shape index (κ2) is 9.74. The van der Waals surface area contributed by atoms with E-state index in [4.69, 9.17) is 0 Å². The number of aromatic carboxylic acids is 2. The van der Waals surface area contributed by atoms with Crippen molar-refractivity contribution >= 4 is 11.9 Å². The van der Waals surface area contributed by atoms with Crippen LogP contribution in [0.4, 0.5) is 0 Å². The fourth-order valence-corrected chi connectivity index (χ4v) is 1.15. The molecular weight excluding hydrogens is 458 g/mol. The molecular formula is C14H10O4Ra. The first-order chi connectivity index (χ1) is 8.61. The van der Waals surface area contributed by atoms with E-state index in [-0.39, 0.29) is 56.1 Å². The Morgan fingerprint density at radius 2 is 0.895 bits per heavy atom. The van der Waals surface area contributed by atoms with Crippen molar-refractivity contribution < 1.29 is 64.8 Å². The summed E-state index contributed by atoms with van der Waals surface area (Å²) in [5.41, 5.74) is 0.440. The van der Waals surface area contributed by atoms with Gasteiger partial charge in [-0.2, -0.15) is 0 Å². The Morgan fingerprint density at radius 1 is 0.632 bits per heavy atom. The maximum absolute atomic E-state index is 10.1. The van der Waals surface area contributed by atoms with Crippen LogP contribution in [0.2, 0.25) is 0 Å². The topological polar surface area (TPSA) is 80.3 Å². The van der Waals surface area contributed by atoms with Crippen LogP contribution in [-0.4, -0.2) is 11.9 Å². The molecule has 0 aromatic heterocycles. The summed E-state index contributed by atoms with van der Waals surface area (Å²) in [6, 6.07) is 16.1. The zero-order valence-electron chi connectivity index (χ0n) is 10.1. The number of hydrogen-bond acceptors (Lipinski definition) is 4. The van der Waals surface area contributed by atoms with Crippen LogP contribution >= 0.6 is 0 Å². The second-order valence-corrected chi connectivity index (χ2v) is 3.31.